The molecular weight excluding hydrogens is 395 g/mol. The van der Waals surface area contributed by atoms with Crippen LogP contribution in [0.15, 0.2) is 33.4 Å². The van der Waals surface area contributed by atoms with Crippen LogP contribution in [0.25, 0.3) is 0 Å². The highest BCUT2D eigenvalue weighted by atomic mass is 79.9. The lowest BCUT2D eigenvalue weighted by molar-refractivity contribution is -0.117. The molecule has 0 fully saturated rings. The van der Waals surface area contributed by atoms with Crippen LogP contribution in [0.4, 0.5) is 5.69 Å². The van der Waals surface area contributed by atoms with E-state index in [2.05, 4.69) is 26.6 Å². The zero-order chi connectivity index (χ0) is 15.4. The Balaban J connectivity index is 1.90. The number of halogens is 3. The van der Waals surface area contributed by atoms with Gasteiger partial charge < -0.3 is 5.32 Å². The van der Waals surface area contributed by atoms with Crippen LogP contribution >= 0.6 is 50.5 Å². The lowest BCUT2D eigenvalue weighted by Gasteiger charge is -2.16. The fraction of sp³-hybridized carbons (Fsp3) is 0.214. The molecule has 0 aliphatic rings. The smallest absolute Gasteiger partial charge is 0.238 e. The summed E-state index contributed by atoms with van der Waals surface area (Å²) < 4.78 is 1.08. The molecule has 1 N–H and O–H groups in total. The molecule has 2 rings (SSSR count). The SMILES string of the molecule is CN(CC(=O)Nc1cccc(Cl)c1Cl)Cc1csc(Br)c1. The van der Waals surface area contributed by atoms with Gasteiger partial charge in [0, 0.05) is 6.54 Å². The van der Waals surface area contributed by atoms with Crippen LogP contribution in [0.2, 0.25) is 10.0 Å². The van der Waals surface area contributed by atoms with Crippen molar-refractivity contribution in [1.29, 1.82) is 0 Å². The molecule has 112 valence electrons. The van der Waals surface area contributed by atoms with E-state index in [1.807, 2.05) is 18.0 Å². The summed E-state index contributed by atoms with van der Waals surface area (Å²) in [6, 6.07) is 7.20. The molecule has 0 bridgehead atoms. The van der Waals surface area contributed by atoms with Crippen molar-refractivity contribution in [1.82, 2.24) is 4.90 Å². The number of likely N-dealkylation sites (N-methyl/N-ethyl adjacent to an activating group) is 1. The molecule has 1 amide bonds. The highest BCUT2D eigenvalue weighted by Gasteiger charge is 2.11. The normalized spacial score (nSPS) is 10.9. The Morgan fingerprint density at radius 1 is 1.43 bits per heavy atom. The number of thiophene rings is 1. The third kappa shape index (κ3) is 4.97. The zero-order valence-corrected chi connectivity index (χ0v) is 15.1. The minimum absolute atomic E-state index is 0.129. The van der Waals surface area contributed by atoms with Crippen LogP contribution in [0.5, 0.6) is 0 Å². The molecule has 1 aromatic heterocycles. The highest BCUT2D eigenvalue weighted by molar-refractivity contribution is 9.11. The zero-order valence-electron chi connectivity index (χ0n) is 11.2. The summed E-state index contributed by atoms with van der Waals surface area (Å²) in [6.07, 6.45) is 0. The first kappa shape index (κ1) is 16.8. The summed E-state index contributed by atoms with van der Waals surface area (Å²) in [7, 11) is 1.89. The van der Waals surface area contributed by atoms with E-state index in [-0.39, 0.29) is 12.5 Å². The molecule has 1 heterocycles. The third-order valence-corrected chi connectivity index (χ3v) is 5.09. The first-order valence-electron chi connectivity index (χ1n) is 6.11. The second kappa shape index (κ2) is 7.61. The van der Waals surface area contributed by atoms with Gasteiger partial charge in [0.15, 0.2) is 0 Å². The Labute approximate surface area is 146 Å². The molecule has 7 heteroatoms. The van der Waals surface area contributed by atoms with Crippen molar-refractivity contribution in [2.75, 3.05) is 18.9 Å². The van der Waals surface area contributed by atoms with Gasteiger partial charge in [-0.05, 0) is 52.1 Å². The van der Waals surface area contributed by atoms with Crippen molar-refractivity contribution in [2.45, 2.75) is 6.54 Å². The van der Waals surface area contributed by atoms with Crippen LogP contribution in [-0.4, -0.2) is 24.4 Å². The number of nitrogens with zero attached hydrogens (tertiary/aromatic N) is 1. The molecule has 2 aromatic rings. The molecule has 0 spiro atoms. The Morgan fingerprint density at radius 2 is 2.19 bits per heavy atom. The van der Waals surface area contributed by atoms with Crippen molar-refractivity contribution in [2.24, 2.45) is 0 Å². The van der Waals surface area contributed by atoms with Crippen LogP contribution in [-0.2, 0) is 11.3 Å². The molecule has 0 atom stereocenters. The molecule has 1 aromatic carbocycles. The van der Waals surface area contributed by atoms with Gasteiger partial charge >= 0.3 is 0 Å². The van der Waals surface area contributed by atoms with Gasteiger partial charge in [-0.3, -0.25) is 9.69 Å². The molecular formula is C14H13BrCl2N2OS. The minimum Gasteiger partial charge on any atom is -0.324 e. The highest BCUT2D eigenvalue weighted by Crippen LogP contribution is 2.29. The van der Waals surface area contributed by atoms with Crippen molar-refractivity contribution >= 4 is 62.1 Å². The largest absolute Gasteiger partial charge is 0.324 e. The first-order chi connectivity index (χ1) is 9.95. The van der Waals surface area contributed by atoms with Crippen molar-refractivity contribution in [3.05, 3.63) is 49.0 Å². The second-order valence-corrected chi connectivity index (χ2v) is 7.66. The maximum atomic E-state index is 12.0. The summed E-state index contributed by atoms with van der Waals surface area (Å²) in [5.41, 5.74) is 1.70. The molecule has 0 radical (unpaired) electrons. The van der Waals surface area contributed by atoms with Crippen LogP contribution in [0, 0.1) is 0 Å². The van der Waals surface area contributed by atoms with E-state index in [0.29, 0.717) is 22.3 Å². The summed E-state index contributed by atoms with van der Waals surface area (Å²) >= 11 is 17.0. The standard InChI is InChI=1S/C14H13BrCl2N2OS/c1-19(6-9-5-12(15)21-8-9)7-13(20)18-11-4-2-3-10(16)14(11)17/h2-5,8H,6-7H2,1H3,(H,18,20). The molecule has 21 heavy (non-hydrogen) atoms. The lowest BCUT2D eigenvalue weighted by atomic mass is 10.3. The van der Waals surface area contributed by atoms with Crippen molar-refractivity contribution in [3.8, 4) is 0 Å². The fourth-order valence-electron chi connectivity index (χ4n) is 1.83. The van der Waals surface area contributed by atoms with Crippen LogP contribution in [0.3, 0.4) is 0 Å². The number of hydrogen-bond donors (Lipinski definition) is 1. The van der Waals surface area contributed by atoms with Crippen LogP contribution < -0.4 is 5.32 Å². The van der Waals surface area contributed by atoms with E-state index in [1.54, 1.807) is 29.5 Å². The van der Waals surface area contributed by atoms with E-state index in [9.17, 15) is 4.79 Å². The predicted molar refractivity (Wildman–Crippen MR) is 93.4 cm³/mol. The quantitative estimate of drug-likeness (QED) is 0.765. The number of carbonyl (C=O) groups is 1. The van der Waals surface area contributed by atoms with Crippen molar-refractivity contribution < 1.29 is 4.79 Å². The van der Waals surface area contributed by atoms with Gasteiger partial charge in [0.25, 0.3) is 0 Å². The van der Waals surface area contributed by atoms with Gasteiger partial charge in [0.1, 0.15) is 0 Å². The van der Waals surface area contributed by atoms with E-state index < -0.39 is 0 Å². The van der Waals surface area contributed by atoms with Gasteiger partial charge in [-0.25, -0.2) is 0 Å². The van der Waals surface area contributed by atoms with E-state index >= 15 is 0 Å². The average Bonchev–Trinajstić information content (AvgIpc) is 2.80. The van der Waals surface area contributed by atoms with Gasteiger partial charge in [-0.2, -0.15) is 0 Å². The number of nitrogens with one attached hydrogen (secondary N) is 1. The Bertz CT molecular complexity index is 648. The summed E-state index contributed by atoms with van der Waals surface area (Å²) in [5, 5.41) is 5.61. The third-order valence-electron chi connectivity index (χ3n) is 2.71. The number of hydrogen-bond acceptors (Lipinski definition) is 3. The topological polar surface area (TPSA) is 32.3 Å². The number of amides is 1. The number of rotatable bonds is 5. The molecule has 0 saturated heterocycles. The first-order valence-corrected chi connectivity index (χ1v) is 8.54. The molecule has 0 unspecified atom stereocenters. The maximum Gasteiger partial charge on any atom is 0.238 e. The Morgan fingerprint density at radius 3 is 2.86 bits per heavy atom. The number of benzene rings is 1. The Hall–Kier alpha value is -0.590. The van der Waals surface area contributed by atoms with Gasteiger partial charge in [0.05, 0.1) is 26.1 Å². The fourth-order valence-corrected chi connectivity index (χ4v) is 3.38. The lowest BCUT2D eigenvalue weighted by Crippen LogP contribution is -2.29. The summed E-state index contributed by atoms with van der Waals surface area (Å²) in [5.74, 6) is -0.129. The second-order valence-electron chi connectivity index (χ2n) is 4.58. The molecule has 0 saturated carbocycles. The predicted octanol–water partition coefficient (Wildman–Crippen LogP) is 4.89. The Kier molecular flexibility index (Phi) is 6.08. The molecule has 0 aliphatic heterocycles. The van der Waals surface area contributed by atoms with E-state index in [0.717, 1.165) is 3.79 Å². The van der Waals surface area contributed by atoms with Crippen LogP contribution in [0.1, 0.15) is 5.56 Å². The number of anilines is 1. The monoisotopic (exact) mass is 406 g/mol. The number of carbonyl (C=O) groups excluding carboxylic acids is 1. The maximum absolute atomic E-state index is 12.0. The van der Waals surface area contributed by atoms with Gasteiger partial charge in [-0.1, -0.05) is 29.3 Å². The summed E-state index contributed by atoms with van der Waals surface area (Å²) in [4.78, 5) is 14.0. The van der Waals surface area contributed by atoms with Gasteiger partial charge in [0.2, 0.25) is 5.91 Å². The van der Waals surface area contributed by atoms with Crippen molar-refractivity contribution in [3.63, 3.8) is 0 Å². The van der Waals surface area contributed by atoms with E-state index in [4.69, 9.17) is 23.2 Å². The molecule has 3 nitrogen and oxygen atoms in total. The average molecular weight is 408 g/mol. The summed E-state index contributed by atoms with van der Waals surface area (Å²) in [6.45, 7) is 0.981. The van der Waals surface area contributed by atoms with Gasteiger partial charge in [-0.15, -0.1) is 11.3 Å². The minimum atomic E-state index is -0.129. The van der Waals surface area contributed by atoms with E-state index in [1.165, 1.54) is 5.56 Å². The molecule has 0 aliphatic carbocycles.